The first-order valence-electron chi connectivity index (χ1n) is 9.30. The van der Waals surface area contributed by atoms with Gasteiger partial charge in [0.25, 0.3) is 5.91 Å². The molecule has 2 aliphatic carbocycles. The van der Waals surface area contributed by atoms with Gasteiger partial charge in [0.1, 0.15) is 0 Å². The van der Waals surface area contributed by atoms with Gasteiger partial charge in [-0.2, -0.15) is 0 Å². The average Bonchev–Trinajstić information content (AvgIpc) is 2.63. The molecule has 1 amide bonds. The molecule has 5 heteroatoms. The number of halogens is 1. The molecule has 0 aromatic carbocycles. The van der Waals surface area contributed by atoms with Gasteiger partial charge >= 0.3 is 0 Å². The first-order valence-corrected chi connectivity index (χ1v) is 9.68. The van der Waals surface area contributed by atoms with Crippen molar-refractivity contribution in [1.29, 1.82) is 0 Å². The number of pyridine rings is 1. The minimum absolute atomic E-state index is 0.0540. The van der Waals surface area contributed by atoms with Crippen LogP contribution in [0.1, 0.15) is 64.2 Å². The Morgan fingerprint density at radius 3 is 2.21 bits per heavy atom. The van der Waals surface area contributed by atoms with Gasteiger partial charge in [-0.15, -0.1) is 0 Å². The molecule has 1 aromatic rings. The molecular weight excluding hydrogens is 324 g/mol. The summed E-state index contributed by atoms with van der Waals surface area (Å²) < 4.78 is 5.68. The van der Waals surface area contributed by atoms with Crippen molar-refractivity contribution in [2.45, 2.75) is 76.3 Å². The van der Waals surface area contributed by atoms with Crippen LogP contribution in [0.2, 0.25) is 5.15 Å². The van der Waals surface area contributed by atoms with Crippen molar-refractivity contribution in [3.63, 3.8) is 0 Å². The number of aromatic nitrogens is 1. The van der Waals surface area contributed by atoms with Crippen molar-refractivity contribution >= 4 is 17.5 Å². The van der Waals surface area contributed by atoms with E-state index in [2.05, 4.69) is 9.88 Å². The van der Waals surface area contributed by atoms with Crippen LogP contribution in [-0.2, 0) is 4.79 Å². The van der Waals surface area contributed by atoms with Crippen molar-refractivity contribution in [2.75, 3.05) is 6.61 Å². The fourth-order valence-corrected chi connectivity index (χ4v) is 4.29. The zero-order valence-corrected chi connectivity index (χ0v) is 15.0. The molecule has 0 radical (unpaired) electrons. The molecule has 2 fully saturated rings. The largest absolute Gasteiger partial charge is 0.481 e. The molecule has 0 N–H and O–H groups in total. The molecule has 0 bridgehead atoms. The monoisotopic (exact) mass is 350 g/mol. The van der Waals surface area contributed by atoms with Gasteiger partial charge < -0.3 is 9.64 Å². The highest BCUT2D eigenvalue weighted by Gasteiger charge is 2.32. The van der Waals surface area contributed by atoms with Crippen molar-refractivity contribution in [3.8, 4) is 5.75 Å². The average molecular weight is 351 g/mol. The fraction of sp³-hybridized carbons (Fsp3) is 0.684. The molecule has 4 nitrogen and oxygen atoms in total. The minimum Gasteiger partial charge on any atom is -0.481 e. The maximum atomic E-state index is 13.0. The molecule has 24 heavy (non-hydrogen) atoms. The number of nitrogens with zero attached hydrogens (tertiary/aromatic N) is 2. The number of carbonyl (C=O) groups is 1. The van der Waals surface area contributed by atoms with E-state index in [9.17, 15) is 4.79 Å². The van der Waals surface area contributed by atoms with Crippen molar-refractivity contribution < 1.29 is 9.53 Å². The zero-order valence-electron chi connectivity index (χ0n) is 14.3. The number of ether oxygens (including phenoxy) is 1. The maximum Gasteiger partial charge on any atom is 0.261 e. The Morgan fingerprint density at radius 1 is 1.08 bits per heavy atom. The number of rotatable bonds is 5. The summed E-state index contributed by atoms with van der Waals surface area (Å²) in [4.78, 5) is 19.1. The third-order valence-electron chi connectivity index (χ3n) is 5.30. The molecule has 1 aromatic heterocycles. The molecule has 2 aliphatic rings. The first-order chi connectivity index (χ1) is 11.8. The predicted molar refractivity (Wildman–Crippen MR) is 95.3 cm³/mol. The normalized spacial score (nSPS) is 19.9. The van der Waals surface area contributed by atoms with E-state index in [1.807, 2.05) is 0 Å². The van der Waals surface area contributed by atoms with Crippen LogP contribution in [-0.4, -0.2) is 34.5 Å². The maximum absolute atomic E-state index is 13.0. The second-order valence-electron chi connectivity index (χ2n) is 6.97. The summed E-state index contributed by atoms with van der Waals surface area (Å²) in [7, 11) is 0. The molecule has 0 spiro atoms. The molecule has 0 unspecified atom stereocenters. The number of carbonyl (C=O) groups excluding carboxylic acids is 1. The predicted octanol–water partition coefficient (Wildman–Crippen LogP) is 4.61. The Labute approximate surface area is 149 Å². The Balaban J connectivity index is 1.66. The van der Waals surface area contributed by atoms with E-state index in [1.54, 1.807) is 18.3 Å². The van der Waals surface area contributed by atoms with E-state index in [4.69, 9.17) is 16.3 Å². The highest BCUT2D eigenvalue weighted by molar-refractivity contribution is 6.30. The minimum atomic E-state index is 0.0540. The van der Waals surface area contributed by atoms with Gasteiger partial charge in [0, 0.05) is 18.3 Å². The lowest BCUT2D eigenvalue weighted by Gasteiger charge is -2.41. The van der Waals surface area contributed by atoms with Crippen LogP contribution in [0.3, 0.4) is 0 Å². The van der Waals surface area contributed by atoms with E-state index < -0.39 is 0 Å². The van der Waals surface area contributed by atoms with Crippen LogP contribution >= 0.6 is 11.6 Å². The second kappa shape index (κ2) is 8.70. The lowest BCUT2D eigenvalue weighted by Crippen LogP contribution is -2.50. The summed E-state index contributed by atoms with van der Waals surface area (Å²) in [6.45, 7) is 0.0540. The summed E-state index contributed by atoms with van der Waals surface area (Å²) >= 11 is 6.02. The van der Waals surface area contributed by atoms with E-state index in [0.717, 1.165) is 25.7 Å². The second-order valence-corrected chi connectivity index (χ2v) is 7.32. The Kier molecular flexibility index (Phi) is 6.36. The molecule has 0 saturated heterocycles. The molecule has 1 heterocycles. The van der Waals surface area contributed by atoms with E-state index >= 15 is 0 Å². The quantitative estimate of drug-likeness (QED) is 0.728. The van der Waals surface area contributed by atoms with Crippen LogP contribution in [0.4, 0.5) is 0 Å². The van der Waals surface area contributed by atoms with Crippen molar-refractivity contribution in [2.24, 2.45) is 0 Å². The summed E-state index contributed by atoms with van der Waals surface area (Å²) in [5, 5.41) is 0.312. The van der Waals surface area contributed by atoms with Gasteiger partial charge in [0.15, 0.2) is 17.5 Å². The van der Waals surface area contributed by atoms with Crippen LogP contribution in [0.15, 0.2) is 18.3 Å². The third kappa shape index (κ3) is 4.41. The molecule has 132 valence electrons. The number of amides is 1. The van der Waals surface area contributed by atoms with Crippen molar-refractivity contribution in [3.05, 3.63) is 23.5 Å². The summed E-state index contributed by atoms with van der Waals surface area (Å²) in [5.41, 5.74) is 0. The topological polar surface area (TPSA) is 42.4 Å². The standard InChI is InChI=1S/C19H27ClN2O2/c20-19-17(12-7-13-21-19)24-14-18(23)22(15-8-3-1-4-9-15)16-10-5-2-6-11-16/h7,12-13,15-16H,1-6,8-11,14H2. The Morgan fingerprint density at radius 2 is 1.67 bits per heavy atom. The fourth-order valence-electron chi connectivity index (χ4n) is 4.12. The lowest BCUT2D eigenvalue weighted by molar-refractivity contribution is -0.140. The van der Waals surface area contributed by atoms with Crippen LogP contribution in [0, 0.1) is 0 Å². The summed E-state index contributed by atoms with van der Waals surface area (Å²) in [5.74, 6) is 0.591. The SMILES string of the molecule is O=C(COc1cccnc1Cl)N(C1CCCCC1)C1CCCCC1. The van der Waals surface area contributed by atoms with Crippen LogP contribution in [0.25, 0.3) is 0 Å². The van der Waals surface area contributed by atoms with Gasteiger partial charge in [-0.1, -0.05) is 50.1 Å². The Bertz CT molecular complexity index is 522. The van der Waals surface area contributed by atoms with Gasteiger partial charge in [0.05, 0.1) is 0 Å². The smallest absolute Gasteiger partial charge is 0.261 e. The van der Waals surface area contributed by atoms with Crippen molar-refractivity contribution in [1.82, 2.24) is 9.88 Å². The number of hydrogen-bond acceptors (Lipinski definition) is 3. The van der Waals surface area contributed by atoms with Gasteiger partial charge in [-0.25, -0.2) is 4.98 Å². The first kappa shape index (κ1) is 17.5. The molecule has 2 saturated carbocycles. The highest BCUT2D eigenvalue weighted by Crippen LogP contribution is 2.30. The summed E-state index contributed by atoms with van der Waals surface area (Å²) in [6, 6.07) is 4.31. The molecule has 0 aliphatic heterocycles. The van der Waals surface area contributed by atoms with Gasteiger partial charge in [0.2, 0.25) is 0 Å². The number of hydrogen-bond donors (Lipinski definition) is 0. The third-order valence-corrected chi connectivity index (χ3v) is 5.58. The van der Waals surface area contributed by atoms with Gasteiger partial charge in [-0.3, -0.25) is 4.79 Å². The van der Waals surface area contributed by atoms with E-state index in [1.165, 1.54) is 38.5 Å². The van der Waals surface area contributed by atoms with Crippen LogP contribution < -0.4 is 4.74 Å². The summed E-state index contributed by atoms with van der Waals surface area (Å²) in [6.07, 6.45) is 13.7. The van der Waals surface area contributed by atoms with Gasteiger partial charge in [-0.05, 0) is 37.8 Å². The highest BCUT2D eigenvalue weighted by atomic mass is 35.5. The molecule has 0 atom stereocenters. The zero-order chi connectivity index (χ0) is 16.8. The van der Waals surface area contributed by atoms with Crippen LogP contribution in [0.5, 0.6) is 5.75 Å². The molecule has 3 rings (SSSR count). The molecular formula is C19H27ClN2O2. The van der Waals surface area contributed by atoms with E-state index in [0.29, 0.717) is 23.0 Å². The lowest BCUT2D eigenvalue weighted by atomic mass is 9.88. The Hall–Kier alpha value is -1.29. The van der Waals surface area contributed by atoms with E-state index in [-0.39, 0.29) is 12.5 Å².